The average molecular weight is 368 g/mol. The number of likely N-dealkylation sites (tertiary alicyclic amines) is 1. The van der Waals surface area contributed by atoms with Gasteiger partial charge in [0, 0.05) is 37.6 Å². The number of hydrogen-bond acceptors (Lipinski definition) is 4. The van der Waals surface area contributed by atoms with E-state index in [9.17, 15) is 9.59 Å². The molecule has 6 nitrogen and oxygen atoms in total. The van der Waals surface area contributed by atoms with Crippen molar-refractivity contribution >= 4 is 28.9 Å². The molecule has 2 fully saturated rings. The second-order valence-electron chi connectivity index (χ2n) is 7.08. The number of furan rings is 1. The van der Waals surface area contributed by atoms with E-state index in [0.29, 0.717) is 45.2 Å². The van der Waals surface area contributed by atoms with Gasteiger partial charge in [0.1, 0.15) is 11.3 Å². The van der Waals surface area contributed by atoms with Gasteiger partial charge in [-0.3, -0.25) is 9.59 Å². The highest BCUT2D eigenvalue weighted by atomic mass is 16.5. The van der Waals surface area contributed by atoms with Gasteiger partial charge in [0.05, 0.1) is 19.1 Å². The van der Waals surface area contributed by atoms with Crippen LogP contribution in [0.25, 0.3) is 17.0 Å². The first-order chi connectivity index (χ1) is 13.2. The summed E-state index contributed by atoms with van der Waals surface area (Å²) in [6, 6.07) is 9.67. The van der Waals surface area contributed by atoms with Crippen molar-refractivity contribution in [1.29, 1.82) is 0 Å². The molecule has 1 aromatic carbocycles. The molecule has 2 aliphatic rings. The minimum Gasteiger partial charge on any atom is -0.457 e. The zero-order valence-electron chi connectivity index (χ0n) is 15.3. The third-order valence-corrected chi connectivity index (χ3v) is 5.24. The normalized spacial score (nSPS) is 21.1. The molecule has 1 aromatic heterocycles. The fraction of sp³-hybridized carbons (Fsp3) is 0.429. The highest BCUT2D eigenvalue weighted by Gasteiger charge is 2.31. The van der Waals surface area contributed by atoms with E-state index in [-0.39, 0.29) is 17.7 Å². The van der Waals surface area contributed by atoms with Gasteiger partial charge in [0.25, 0.3) is 0 Å². The van der Waals surface area contributed by atoms with Gasteiger partial charge >= 0.3 is 0 Å². The number of para-hydroxylation sites is 1. The third kappa shape index (κ3) is 4.06. The molecule has 0 spiro atoms. The summed E-state index contributed by atoms with van der Waals surface area (Å²) >= 11 is 0. The van der Waals surface area contributed by atoms with Crippen LogP contribution >= 0.6 is 0 Å². The van der Waals surface area contributed by atoms with Crippen LogP contribution in [0.2, 0.25) is 0 Å². The fourth-order valence-electron chi connectivity index (χ4n) is 3.76. The Morgan fingerprint density at radius 1 is 1.07 bits per heavy atom. The van der Waals surface area contributed by atoms with E-state index in [1.165, 1.54) is 0 Å². The highest BCUT2D eigenvalue weighted by Crippen LogP contribution is 2.22. The summed E-state index contributed by atoms with van der Waals surface area (Å²) in [4.78, 5) is 28.9. The molecule has 2 saturated heterocycles. The van der Waals surface area contributed by atoms with Gasteiger partial charge in [0.2, 0.25) is 11.8 Å². The van der Waals surface area contributed by atoms with Crippen molar-refractivity contribution in [2.45, 2.75) is 12.8 Å². The number of amides is 2. The van der Waals surface area contributed by atoms with Crippen LogP contribution in [-0.2, 0) is 14.3 Å². The number of carbonyl (C=O) groups is 2. The molecule has 27 heavy (non-hydrogen) atoms. The predicted octanol–water partition coefficient (Wildman–Crippen LogP) is 2.54. The van der Waals surface area contributed by atoms with Gasteiger partial charge in [-0.05, 0) is 31.1 Å². The maximum absolute atomic E-state index is 12.7. The van der Waals surface area contributed by atoms with Crippen LogP contribution in [0, 0.1) is 5.92 Å². The van der Waals surface area contributed by atoms with Crippen LogP contribution in [0.5, 0.6) is 0 Å². The summed E-state index contributed by atoms with van der Waals surface area (Å²) in [5.41, 5.74) is 0.804. The summed E-state index contributed by atoms with van der Waals surface area (Å²) < 4.78 is 11.0. The zero-order chi connectivity index (χ0) is 18.6. The minimum atomic E-state index is -0.111. The Balaban J connectivity index is 1.38. The fourth-order valence-corrected chi connectivity index (χ4v) is 3.76. The van der Waals surface area contributed by atoms with Crippen molar-refractivity contribution in [3.05, 3.63) is 42.2 Å². The molecule has 3 heterocycles. The number of hydrogen-bond donors (Lipinski definition) is 0. The lowest BCUT2D eigenvalue weighted by atomic mass is 9.96. The van der Waals surface area contributed by atoms with Crippen molar-refractivity contribution in [1.82, 2.24) is 9.80 Å². The Kier molecular flexibility index (Phi) is 5.25. The molecule has 1 atom stereocenters. The quantitative estimate of drug-likeness (QED) is 0.781. The van der Waals surface area contributed by atoms with E-state index in [1.54, 1.807) is 17.1 Å². The van der Waals surface area contributed by atoms with E-state index < -0.39 is 0 Å². The number of piperidine rings is 1. The molecule has 4 rings (SSSR count). The average Bonchev–Trinajstić information content (AvgIpc) is 3.15. The van der Waals surface area contributed by atoms with Gasteiger partial charge in [0.15, 0.2) is 0 Å². The standard InChI is InChI=1S/C21H24N2O4/c24-20(8-7-18-14-16-4-1-2-6-19(16)27-18)23-9-3-5-17(15-23)21(25)22-10-12-26-13-11-22/h1-2,4,6-8,14,17H,3,5,9-13,15H2/b8-7+. The molecular weight excluding hydrogens is 344 g/mol. The van der Waals surface area contributed by atoms with E-state index in [2.05, 4.69) is 0 Å². The molecular formula is C21H24N2O4. The van der Waals surface area contributed by atoms with Crippen molar-refractivity contribution in [3.63, 3.8) is 0 Å². The maximum Gasteiger partial charge on any atom is 0.246 e. The second kappa shape index (κ2) is 7.96. The Hall–Kier alpha value is -2.60. The van der Waals surface area contributed by atoms with Crippen molar-refractivity contribution in [2.75, 3.05) is 39.4 Å². The molecule has 1 unspecified atom stereocenters. The van der Waals surface area contributed by atoms with E-state index in [1.807, 2.05) is 35.2 Å². The Bertz CT molecular complexity index is 818. The molecule has 142 valence electrons. The number of carbonyl (C=O) groups excluding carboxylic acids is 2. The minimum absolute atomic E-state index is 0.0741. The van der Waals surface area contributed by atoms with E-state index >= 15 is 0 Å². The first-order valence-electron chi connectivity index (χ1n) is 9.53. The number of benzene rings is 1. The largest absolute Gasteiger partial charge is 0.457 e. The van der Waals surface area contributed by atoms with Crippen LogP contribution in [0.4, 0.5) is 0 Å². The first-order valence-corrected chi connectivity index (χ1v) is 9.53. The summed E-state index contributed by atoms with van der Waals surface area (Å²) in [5.74, 6) is 0.620. The summed E-state index contributed by atoms with van der Waals surface area (Å²) in [6.07, 6.45) is 4.94. The lowest BCUT2D eigenvalue weighted by molar-refractivity contribution is -0.143. The number of rotatable bonds is 3. The molecule has 2 amide bonds. The maximum atomic E-state index is 12.7. The van der Waals surface area contributed by atoms with Crippen molar-refractivity contribution < 1.29 is 18.7 Å². The number of ether oxygens (including phenoxy) is 1. The molecule has 0 saturated carbocycles. The third-order valence-electron chi connectivity index (χ3n) is 5.24. The van der Waals surface area contributed by atoms with Crippen molar-refractivity contribution in [3.8, 4) is 0 Å². The summed E-state index contributed by atoms with van der Waals surface area (Å²) in [5, 5.41) is 1.01. The lowest BCUT2D eigenvalue weighted by Crippen LogP contribution is -2.49. The van der Waals surface area contributed by atoms with Gasteiger partial charge < -0.3 is 19.0 Å². The van der Waals surface area contributed by atoms with Gasteiger partial charge in [-0.1, -0.05) is 18.2 Å². The number of fused-ring (bicyclic) bond motifs is 1. The van der Waals surface area contributed by atoms with Crippen LogP contribution in [0.15, 0.2) is 40.8 Å². The molecule has 2 aromatic rings. The van der Waals surface area contributed by atoms with Crippen LogP contribution in [0.1, 0.15) is 18.6 Å². The Morgan fingerprint density at radius 3 is 2.70 bits per heavy atom. The Labute approximate surface area is 158 Å². The second-order valence-corrected chi connectivity index (χ2v) is 7.08. The van der Waals surface area contributed by atoms with Gasteiger partial charge in [-0.15, -0.1) is 0 Å². The summed E-state index contributed by atoms with van der Waals surface area (Å²) in [7, 11) is 0. The topological polar surface area (TPSA) is 63.0 Å². The van der Waals surface area contributed by atoms with Crippen molar-refractivity contribution in [2.24, 2.45) is 5.92 Å². The molecule has 0 radical (unpaired) electrons. The number of nitrogens with zero attached hydrogens (tertiary/aromatic N) is 2. The number of morpholine rings is 1. The molecule has 6 heteroatoms. The van der Waals surface area contributed by atoms with Crippen LogP contribution < -0.4 is 0 Å². The highest BCUT2D eigenvalue weighted by molar-refractivity contribution is 5.93. The smallest absolute Gasteiger partial charge is 0.246 e. The van der Waals surface area contributed by atoms with Crippen LogP contribution in [-0.4, -0.2) is 61.0 Å². The summed E-state index contributed by atoms with van der Waals surface area (Å²) in [6.45, 7) is 3.67. The van der Waals surface area contributed by atoms with Gasteiger partial charge in [-0.2, -0.15) is 0 Å². The monoisotopic (exact) mass is 368 g/mol. The van der Waals surface area contributed by atoms with Crippen LogP contribution in [0.3, 0.4) is 0 Å². The molecule has 0 N–H and O–H groups in total. The molecule has 0 bridgehead atoms. The van der Waals surface area contributed by atoms with E-state index in [0.717, 1.165) is 23.8 Å². The first kappa shape index (κ1) is 17.8. The zero-order valence-corrected chi connectivity index (χ0v) is 15.3. The van der Waals surface area contributed by atoms with Gasteiger partial charge in [-0.25, -0.2) is 0 Å². The lowest BCUT2D eigenvalue weighted by Gasteiger charge is -2.35. The predicted molar refractivity (Wildman–Crippen MR) is 102 cm³/mol. The Morgan fingerprint density at radius 2 is 1.89 bits per heavy atom. The molecule has 0 aliphatic carbocycles. The van der Waals surface area contributed by atoms with E-state index in [4.69, 9.17) is 9.15 Å². The molecule has 2 aliphatic heterocycles. The SMILES string of the molecule is O=C(/C=C/c1cc2ccccc2o1)N1CCCC(C(=O)N2CCOCC2)C1.